The van der Waals surface area contributed by atoms with Gasteiger partial charge in [0.05, 0.1) is 12.6 Å². The Labute approximate surface area is 111 Å². The van der Waals surface area contributed by atoms with Gasteiger partial charge in [0, 0.05) is 25.1 Å². The predicted octanol–water partition coefficient (Wildman–Crippen LogP) is 2.69. The largest absolute Gasteiger partial charge is 0.383 e. The van der Waals surface area contributed by atoms with Crippen molar-refractivity contribution in [3.8, 4) is 0 Å². The fourth-order valence-electron chi connectivity index (χ4n) is 1.49. The molecule has 0 bridgehead atoms. The summed E-state index contributed by atoms with van der Waals surface area (Å²) in [5, 5.41) is 0.803. The Hall–Kier alpha value is -0.870. The van der Waals surface area contributed by atoms with Crippen molar-refractivity contribution in [1.29, 1.82) is 0 Å². The van der Waals surface area contributed by atoms with Crippen LogP contribution >= 0.6 is 15.9 Å². The lowest BCUT2D eigenvalue weighted by atomic mass is 10.1. The van der Waals surface area contributed by atoms with Gasteiger partial charge in [0.1, 0.15) is 0 Å². The number of carbonyl (C=O) groups excluding carboxylic acids is 1. The molecule has 1 unspecified atom stereocenters. The standard InChI is InChI=1S/C13H18BrNO2/c1-10(9-17-3)15(2)13(16)12-6-4-11(8-14)5-7-12/h4-7,10H,8-9H2,1-3H3. The van der Waals surface area contributed by atoms with Gasteiger partial charge in [0.15, 0.2) is 0 Å². The molecule has 0 heterocycles. The Morgan fingerprint density at radius 1 is 1.41 bits per heavy atom. The molecule has 0 saturated carbocycles. The summed E-state index contributed by atoms with van der Waals surface area (Å²) in [6, 6.07) is 7.70. The van der Waals surface area contributed by atoms with Gasteiger partial charge in [-0.2, -0.15) is 0 Å². The topological polar surface area (TPSA) is 29.5 Å². The van der Waals surface area contributed by atoms with Gasteiger partial charge in [0.2, 0.25) is 0 Å². The Balaban J connectivity index is 2.74. The van der Waals surface area contributed by atoms with Crippen molar-refractivity contribution < 1.29 is 9.53 Å². The van der Waals surface area contributed by atoms with Crippen LogP contribution in [0.2, 0.25) is 0 Å². The Kier molecular flexibility index (Phi) is 5.65. The molecular formula is C13H18BrNO2. The highest BCUT2D eigenvalue weighted by Gasteiger charge is 2.16. The summed E-state index contributed by atoms with van der Waals surface area (Å²) in [5.41, 5.74) is 1.87. The first-order valence-corrected chi connectivity index (χ1v) is 6.63. The third-order valence-corrected chi connectivity index (χ3v) is 3.39. The fraction of sp³-hybridized carbons (Fsp3) is 0.462. The van der Waals surface area contributed by atoms with Crippen LogP contribution in [0.25, 0.3) is 0 Å². The van der Waals surface area contributed by atoms with Gasteiger partial charge >= 0.3 is 0 Å². The normalized spacial score (nSPS) is 12.2. The Bertz CT molecular complexity index is 364. The Morgan fingerprint density at radius 3 is 2.47 bits per heavy atom. The summed E-state index contributed by atoms with van der Waals surface area (Å²) in [4.78, 5) is 13.8. The van der Waals surface area contributed by atoms with E-state index >= 15 is 0 Å². The van der Waals surface area contributed by atoms with Gasteiger partial charge in [-0.05, 0) is 24.6 Å². The first-order valence-electron chi connectivity index (χ1n) is 5.51. The first-order chi connectivity index (χ1) is 8.10. The van der Waals surface area contributed by atoms with E-state index in [4.69, 9.17) is 4.74 Å². The van der Waals surface area contributed by atoms with E-state index in [1.54, 1.807) is 19.1 Å². The number of hydrogen-bond donors (Lipinski definition) is 0. The number of amides is 1. The zero-order valence-corrected chi connectivity index (χ0v) is 12.0. The van der Waals surface area contributed by atoms with E-state index in [0.717, 1.165) is 10.9 Å². The van der Waals surface area contributed by atoms with Gasteiger partial charge in [0.25, 0.3) is 5.91 Å². The van der Waals surface area contributed by atoms with Crippen molar-refractivity contribution in [2.24, 2.45) is 0 Å². The molecule has 1 amide bonds. The number of nitrogens with zero attached hydrogens (tertiary/aromatic N) is 1. The predicted molar refractivity (Wildman–Crippen MR) is 72.5 cm³/mol. The lowest BCUT2D eigenvalue weighted by Crippen LogP contribution is -2.37. The maximum Gasteiger partial charge on any atom is 0.253 e. The lowest BCUT2D eigenvalue weighted by Gasteiger charge is -2.24. The van der Waals surface area contributed by atoms with Crippen LogP contribution < -0.4 is 0 Å². The number of alkyl halides is 1. The molecule has 0 spiro atoms. The van der Waals surface area contributed by atoms with Gasteiger partial charge in [-0.1, -0.05) is 28.1 Å². The molecule has 0 aliphatic rings. The van der Waals surface area contributed by atoms with E-state index in [2.05, 4.69) is 15.9 Å². The molecule has 94 valence electrons. The number of halogens is 1. The zero-order chi connectivity index (χ0) is 12.8. The minimum Gasteiger partial charge on any atom is -0.383 e. The Morgan fingerprint density at radius 2 is 2.00 bits per heavy atom. The summed E-state index contributed by atoms with van der Waals surface area (Å²) in [7, 11) is 3.43. The van der Waals surface area contributed by atoms with Gasteiger partial charge < -0.3 is 9.64 Å². The highest BCUT2D eigenvalue weighted by Crippen LogP contribution is 2.11. The van der Waals surface area contributed by atoms with Crippen LogP contribution in [0, 0.1) is 0 Å². The molecule has 0 radical (unpaired) electrons. The SMILES string of the molecule is COCC(C)N(C)C(=O)c1ccc(CBr)cc1. The lowest BCUT2D eigenvalue weighted by molar-refractivity contribution is 0.0633. The van der Waals surface area contributed by atoms with E-state index in [1.807, 2.05) is 31.2 Å². The molecule has 0 saturated heterocycles. The average Bonchev–Trinajstić information content (AvgIpc) is 2.37. The fourth-order valence-corrected chi connectivity index (χ4v) is 1.87. The molecule has 17 heavy (non-hydrogen) atoms. The molecule has 4 heteroatoms. The summed E-state index contributed by atoms with van der Waals surface area (Å²) < 4.78 is 5.05. The number of rotatable bonds is 5. The summed E-state index contributed by atoms with van der Waals surface area (Å²) >= 11 is 3.38. The maximum absolute atomic E-state index is 12.1. The van der Waals surface area contributed by atoms with Gasteiger partial charge in [-0.15, -0.1) is 0 Å². The molecule has 1 atom stereocenters. The van der Waals surface area contributed by atoms with Crippen LogP contribution in [0.5, 0.6) is 0 Å². The van der Waals surface area contributed by atoms with Crippen LogP contribution in [0.15, 0.2) is 24.3 Å². The van der Waals surface area contributed by atoms with E-state index in [-0.39, 0.29) is 11.9 Å². The van der Waals surface area contributed by atoms with E-state index in [9.17, 15) is 4.79 Å². The maximum atomic E-state index is 12.1. The first kappa shape index (κ1) is 14.2. The molecule has 0 aromatic heterocycles. The molecule has 0 fully saturated rings. The van der Waals surface area contributed by atoms with Gasteiger partial charge in [-0.25, -0.2) is 0 Å². The smallest absolute Gasteiger partial charge is 0.253 e. The summed E-state index contributed by atoms with van der Waals surface area (Å²) in [6.45, 7) is 2.51. The number of ether oxygens (including phenoxy) is 1. The monoisotopic (exact) mass is 299 g/mol. The van der Waals surface area contributed by atoms with Crippen LogP contribution in [0.1, 0.15) is 22.8 Å². The molecule has 3 nitrogen and oxygen atoms in total. The second-order valence-electron chi connectivity index (χ2n) is 4.05. The minimum absolute atomic E-state index is 0.0238. The van der Waals surface area contributed by atoms with Gasteiger partial charge in [-0.3, -0.25) is 4.79 Å². The number of carbonyl (C=O) groups is 1. The number of benzene rings is 1. The number of hydrogen-bond acceptors (Lipinski definition) is 2. The molecular weight excluding hydrogens is 282 g/mol. The van der Waals surface area contributed by atoms with Crippen LogP contribution in [-0.4, -0.2) is 37.6 Å². The summed E-state index contributed by atoms with van der Waals surface area (Å²) in [5.74, 6) is 0.0238. The molecule has 1 aromatic rings. The zero-order valence-electron chi connectivity index (χ0n) is 10.4. The molecule has 1 aromatic carbocycles. The van der Waals surface area contributed by atoms with Crippen LogP contribution in [0.4, 0.5) is 0 Å². The second-order valence-corrected chi connectivity index (χ2v) is 4.61. The number of methoxy groups -OCH3 is 1. The van der Waals surface area contributed by atoms with Crippen molar-refractivity contribution >= 4 is 21.8 Å². The van der Waals surface area contributed by atoms with E-state index in [1.165, 1.54) is 0 Å². The molecule has 1 rings (SSSR count). The van der Waals surface area contributed by atoms with Crippen molar-refractivity contribution in [2.45, 2.75) is 18.3 Å². The minimum atomic E-state index is 0.0238. The third-order valence-electron chi connectivity index (χ3n) is 2.74. The van der Waals surface area contributed by atoms with Crippen molar-refractivity contribution in [1.82, 2.24) is 4.90 Å². The highest BCUT2D eigenvalue weighted by atomic mass is 79.9. The van der Waals surface area contributed by atoms with E-state index in [0.29, 0.717) is 12.2 Å². The van der Waals surface area contributed by atoms with Crippen LogP contribution in [0.3, 0.4) is 0 Å². The second kappa shape index (κ2) is 6.77. The molecule has 0 N–H and O–H groups in total. The molecule has 0 aliphatic carbocycles. The van der Waals surface area contributed by atoms with Crippen molar-refractivity contribution in [3.63, 3.8) is 0 Å². The van der Waals surface area contributed by atoms with Crippen LogP contribution in [-0.2, 0) is 10.1 Å². The van der Waals surface area contributed by atoms with Crippen molar-refractivity contribution in [3.05, 3.63) is 35.4 Å². The average molecular weight is 300 g/mol. The molecule has 0 aliphatic heterocycles. The highest BCUT2D eigenvalue weighted by molar-refractivity contribution is 9.08. The number of likely N-dealkylation sites (N-methyl/N-ethyl adjacent to an activating group) is 1. The van der Waals surface area contributed by atoms with Crippen molar-refractivity contribution in [2.75, 3.05) is 20.8 Å². The quantitative estimate of drug-likeness (QED) is 0.783. The summed E-state index contributed by atoms with van der Waals surface area (Å²) in [6.07, 6.45) is 0. The van der Waals surface area contributed by atoms with E-state index < -0.39 is 0 Å². The third kappa shape index (κ3) is 3.82.